The molecular weight excluding hydrogens is 188 g/mol. The highest BCUT2D eigenvalue weighted by Crippen LogP contribution is 2.24. The third-order valence-corrected chi connectivity index (χ3v) is 2.67. The van der Waals surface area contributed by atoms with Crippen LogP contribution in [0.4, 0.5) is 5.95 Å². The van der Waals surface area contributed by atoms with Crippen LogP contribution in [0.25, 0.3) is 11.0 Å². The lowest BCUT2D eigenvalue weighted by molar-refractivity contribution is 0.518. The molecule has 0 fully saturated rings. The summed E-state index contributed by atoms with van der Waals surface area (Å²) in [5.74, 6) is 0.582. The van der Waals surface area contributed by atoms with Crippen LogP contribution < -0.4 is 5.73 Å². The van der Waals surface area contributed by atoms with E-state index >= 15 is 0 Å². The molecule has 0 amide bonds. The summed E-state index contributed by atoms with van der Waals surface area (Å²) < 4.78 is 2.08. The smallest absolute Gasteiger partial charge is 0.201 e. The van der Waals surface area contributed by atoms with Crippen molar-refractivity contribution in [2.75, 3.05) is 5.73 Å². The molecule has 0 saturated carbocycles. The maximum atomic E-state index is 5.91. The molecule has 0 bridgehead atoms. The maximum absolute atomic E-state index is 5.91. The number of nitrogens with zero attached hydrogens (tertiary/aromatic N) is 3. The van der Waals surface area contributed by atoms with Gasteiger partial charge in [-0.25, -0.2) is 4.98 Å². The summed E-state index contributed by atoms with van der Waals surface area (Å²) in [7, 11) is 0. The zero-order chi connectivity index (χ0) is 10.8. The predicted molar refractivity (Wildman–Crippen MR) is 61.6 cm³/mol. The minimum absolute atomic E-state index is 0.391. The second-order valence-corrected chi connectivity index (χ2v) is 3.84. The van der Waals surface area contributed by atoms with Crippen LogP contribution in [0, 0.1) is 0 Å². The van der Waals surface area contributed by atoms with Crippen LogP contribution in [0.5, 0.6) is 0 Å². The first-order valence-electron chi connectivity index (χ1n) is 5.31. The standard InChI is InChI=1S/C11H16N4/c1-3-4-8(2)15-10-5-6-13-7-9(10)14-11(15)12/h5-8H,3-4H2,1-2H3,(H2,12,14). The van der Waals surface area contributed by atoms with Crippen molar-refractivity contribution >= 4 is 17.0 Å². The summed E-state index contributed by atoms with van der Waals surface area (Å²) in [6.07, 6.45) is 5.78. The van der Waals surface area contributed by atoms with Crippen molar-refractivity contribution in [1.29, 1.82) is 0 Å². The molecule has 2 aromatic heterocycles. The second-order valence-electron chi connectivity index (χ2n) is 3.84. The molecule has 2 N–H and O–H groups in total. The summed E-state index contributed by atoms with van der Waals surface area (Å²) in [6.45, 7) is 4.34. The quantitative estimate of drug-likeness (QED) is 0.835. The fraction of sp³-hybridized carbons (Fsp3) is 0.455. The van der Waals surface area contributed by atoms with Gasteiger partial charge in [0.15, 0.2) is 0 Å². The lowest BCUT2D eigenvalue weighted by Crippen LogP contribution is -2.08. The Morgan fingerprint density at radius 1 is 1.53 bits per heavy atom. The Bertz CT molecular complexity index is 461. The van der Waals surface area contributed by atoms with E-state index in [0.29, 0.717) is 12.0 Å². The molecule has 0 aliphatic rings. The number of pyridine rings is 1. The molecule has 1 unspecified atom stereocenters. The Hall–Kier alpha value is -1.58. The van der Waals surface area contributed by atoms with Gasteiger partial charge in [-0.2, -0.15) is 0 Å². The molecule has 80 valence electrons. The molecule has 0 aliphatic carbocycles. The van der Waals surface area contributed by atoms with E-state index in [2.05, 4.69) is 28.4 Å². The highest BCUT2D eigenvalue weighted by molar-refractivity contribution is 5.77. The monoisotopic (exact) mass is 204 g/mol. The molecule has 0 saturated heterocycles. The fourth-order valence-electron chi connectivity index (χ4n) is 1.98. The van der Waals surface area contributed by atoms with Gasteiger partial charge in [0, 0.05) is 12.2 Å². The second kappa shape index (κ2) is 3.88. The highest BCUT2D eigenvalue weighted by Gasteiger charge is 2.12. The molecule has 2 heterocycles. The van der Waals surface area contributed by atoms with Gasteiger partial charge in [0.25, 0.3) is 0 Å². The van der Waals surface area contributed by atoms with Gasteiger partial charge in [0.2, 0.25) is 5.95 Å². The number of fused-ring (bicyclic) bond motifs is 1. The third kappa shape index (κ3) is 1.67. The summed E-state index contributed by atoms with van der Waals surface area (Å²) in [5.41, 5.74) is 7.85. The van der Waals surface area contributed by atoms with E-state index < -0.39 is 0 Å². The van der Waals surface area contributed by atoms with Crippen LogP contribution in [-0.2, 0) is 0 Å². The van der Waals surface area contributed by atoms with Crippen LogP contribution in [-0.4, -0.2) is 14.5 Å². The fourth-order valence-corrected chi connectivity index (χ4v) is 1.98. The Balaban J connectivity index is 2.53. The SMILES string of the molecule is CCCC(C)n1c(N)nc2cnccc21. The molecule has 2 aromatic rings. The van der Waals surface area contributed by atoms with Crippen LogP contribution >= 0.6 is 0 Å². The van der Waals surface area contributed by atoms with Gasteiger partial charge < -0.3 is 10.3 Å². The number of anilines is 1. The number of nitrogen functional groups attached to an aromatic ring is 1. The van der Waals surface area contributed by atoms with Gasteiger partial charge in [-0.15, -0.1) is 0 Å². The van der Waals surface area contributed by atoms with Crippen molar-refractivity contribution < 1.29 is 0 Å². The highest BCUT2D eigenvalue weighted by atomic mass is 15.2. The van der Waals surface area contributed by atoms with E-state index in [4.69, 9.17) is 5.73 Å². The molecule has 0 spiro atoms. The van der Waals surface area contributed by atoms with Crippen molar-refractivity contribution in [1.82, 2.24) is 14.5 Å². The van der Waals surface area contributed by atoms with Gasteiger partial charge >= 0.3 is 0 Å². The minimum atomic E-state index is 0.391. The minimum Gasteiger partial charge on any atom is -0.369 e. The van der Waals surface area contributed by atoms with Crippen molar-refractivity contribution in [2.24, 2.45) is 0 Å². The van der Waals surface area contributed by atoms with Crippen LogP contribution in [0.2, 0.25) is 0 Å². The zero-order valence-electron chi connectivity index (χ0n) is 9.14. The van der Waals surface area contributed by atoms with E-state index in [0.717, 1.165) is 23.9 Å². The number of imidazole rings is 1. The molecule has 4 nitrogen and oxygen atoms in total. The molecule has 0 aromatic carbocycles. The van der Waals surface area contributed by atoms with Crippen molar-refractivity contribution in [3.05, 3.63) is 18.5 Å². The Kier molecular flexibility index (Phi) is 2.58. The Labute approximate surface area is 89.1 Å². The van der Waals surface area contributed by atoms with E-state index in [1.807, 2.05) is 6.07 Å². The van der Waals surface area contributed by atoms with E-state index in [9.17, 15) is 0 Å². The van der Waals surface area contributed by atoms with Gasteiger partial charge in [0.1, 0.15) is 5.52 Å². The summed E-state index contributed by atoms with van der Waals surface area (Å²) in [5, 5.41) is 0. The lowest BCUT2D eigenvalue weighted by Gasteiger charge is -2.14. The molecule has 2 rings (SSSR count). The average molecular weight is 204 g/mol. The van der Waals surface area contributed by atoms with Gasteiger partial charge in [0.05, 0.1) is 11.7 Å². The van der Waals surface area contributed by atoms with Gasteiger partial charge in [-0.1, -0.05) is 13.3 Å². The first kappa shape index (κ1) is 9.96. The van der Waals surface area contributed by atoms with E-state index in [-0.39, 0.29) is 0 Å². The molecular formula is C11H16N4. The maximum Gasteiger partial charge on any atom is 0.201 e. The Morgan fingerprint density at radius 3 is 3.07 bits per heavy atom. The number of hydrogen-bond donors (Lipinski definition) is 1. The summed E-state index contributed by atoms with van der Waals surface area (Å²) in [6, 6.07) is 2.35. The van der Waals surface area contributed by atoms with Crippen molar-refractivity contribution in [3.63, 3.8) is 0 Å². The zero-order valence-corrected chi connectivity index (χ0v) is 9.14. The molecule has 0 radical (unpaired) electrons. The van der Waals surface area contributed by atoms with E-state index in [1.165, 1.54) is 0 Å². The lowest BCUT2D eigenvalue weighted by atomic mass is 10.2. The number of nitrogens with two attached hydrogens (primary N) is 1. The van der Waals surface area contributed by atoms with Crippen molar-refractivity contribution in [2.45, 2.75) is 32.7 Å². The van der Waals surface area contributed by atoms with Gasteiger partial charge in [-0.05, 0) is 19.4 Å². The molecule has 0 aliphatic heterocycles. The Morgan fingerprint density at radius 2 is 2.33 bits per heavy atom. The topological polar surface area (TPSA) is 56.7 Å². The van der Waals surface area contributed by atoms with Gasteiger partial charge in [-0.3, -0.25) is 4.98 Å². The molecule has 1 atom stereocenters. The first-order chi connectivity index (χ1) is 7.24. The largest absolute Gasteiger partial charge is 0.369 e. The normalized spacial score (nSPS) is 13.2. The van der Waals surface area contributed by atoms with E-state index in [1.54, 1.807) is 12.4 Å². The summed E-state index contributed by atoms with van der Waals surface area (Å²) >= 11 is 0. The van der Waals surface area contributed by atoms with Crippen LogP contribution in [0.15, 0.2) is 18.5 Å². The van der Waals surface area contributed by atoms with Crippen molar-refractivity contribution in [3.8, 4) is 0 Å². The molecule has 15 heavy (non-hydrogen) atoms. The van der Waals surface area contributed by atoms with Crippen LogP contribution in [0.1, 0.15) is 32.7 Å². The number of hydrogen-bond acceptors (Lipinski definition) is 3. The van der Waals surface area contributed by atoms with Crippen LogP contribution in [0.3, 0.4) is 0 Å². The predicted octanol–water partition coefficient (Wildman–Crippen LogP) is 2.37. The average Bonchev–Trinajstić information content (AvgIpc) is 2.54. The first-order valence-corrected chi connectivity index (χ1v) is 5.31. The summed E-state index contributed by atoms with van der Waals surface area (Å²) in [4.78, 5) is 8.34. The number of aromatic nitrogens is 3. The molecule has 4 heteroatoms. The third-order valence-electron chi connectivity index (χ3n) is 2.67. The number of rotatable bonds is 3.